The van der Waals surface area contributed by atoms with Crippen LogP contribution in [0.2, 0.25) is 5.02 Å². The highest BCUT2D eigenvalue weighted by Gasteiger charge is 2.33. The first-order valence-electron chi connectivity index (χ1n) is 11.5. The molecule has 1 saturated heterocycles. The summed E-state index contributed by atoms with van der Waals surface area (Å²) in [6.07, 6.45) is 4.35. The van der Waals surface area contributed by atoms with Crippen molar-refractivity contribution in [2.24, 2.45) is 7.05 Å². The number of rotatable bonds is 7. The van der Waals surface area contributed by atoms with E-state index < -0.39 is 12.0 Å². The number of pyridine rings is 1. The van der Waals surface area contributed by atoms with Crippen LogP contribution in [0.25, 0.3) is 10.2 Å². The van der Waals surface area contributed by atoms with Gasteiger partial charge in [-0.05, 0) is 55.3 Å². The van der Waals surface area contributed by atoms with Crippen molar-refractivity contribution in [1.29, 1.82) is 0 Å². The molecule has 1 unspecified atom stereocenters. The van der Waals surface area contributed by atoms with Crippen molar-refractivity contribution in [3.05, 3.63) is 91.9 Å². The third kappa shape index (κ3) is 4.92. The Morgan fingerprint density at radius 3 is 2.86 bits per heavy atom. The number of amides is 1. The number of carbonyl (C=O) groups is 1. The zero-order valence-corrected chi connectivity index (χ0v) is 20.8. The molecule has 1 amide bonds. The third-order valence-electron chi connectivity index (χ3n) is 6.48. The fourth-order valence-electron chi connectivity index (χ4n) is 4.69. The zero-order valence-electron chi connectivity index (χ0n) is 19.2. The Morgan fingerprint density at radius 2 is 2.11 bits per heavy atom. The van der Waals surface area contributed by atoms with Gasteiger partial charge in [-0.3, -0.25) is 14.5 Å². The number of halogens is 1. The van der Waals surface area contributed by atoms with E-state index in [-0.39, 0.29) is 17.0 Å². The van der Waals surface area contributed by atoms with Crippen molar-refractivity contribution in [2.45, 2.75) is 38.1 Å². The minimum atomic E-state index is -0.691. The smallest absolute Gasteiger partial charge is 0.257 e. The van der Waals surface area contributed by atoms with Gasteiger partial charge in [-0.15, -0.1) is 11.3 Å². The van der Waals surface area contributed by atoms with E-state index in [1.165, 1.54) is 0 Å². The SMILES string of the molecule is Cn1cc(C(=O)NCc2ccc(Cl)cc2)c(=O)c2cc(CN3CCC[C@@H]3C(O)c3ccco3)sc21. The number of aromatic nitrogens is 1. The number of aliphatic hydroxyl groups is 1. The normalized spacial score (nSPS) is 17.2. The molecule has 35 heavy (non-hydrogen) atoms. The number of hydrogen-bond acceptors (Lipinski definition) is 6. The molecule has 5 rings (SSSR count). The van der Waals surface area contributed by atoms with E-state index in [4.69, 9.17) is 16.0 Å². The van der Waals surface area contributed by atoms with Crippen molar-refractivity contribution in [3.63, 3.8) is 0 Å². The highest BCUT2D eigenvalue weighted by Crippen LogP contribution is 2.33. The second-order valence-electron chi connectivity index (χ2n) is 8.86. The first-order chi connectivity index (χ1) is 16.9. The van der Waals surface area contributed by atoms with Gasteiger partial charge in [-0.1, -0.05) is 23.7 Å². The Labute approximate surface area is 211 Å². The number of thiophene rings is 1. The lowest BCUT2D eigenvalue weighted by Gasteiger charge is -2.27. The van der Waals surface area contributed by atoms with Gasteiger partial charge in [0.15, 0.2) is 0 Å². The lowest BCUT2D eigenvalue weighted by Crippen LogP contribution is -2.33. The third-order valence-corrected chi connectivity index (χ3v) is 7.94. The van der Waals surface area contributed by atoms with Crippen LogP contribution in [-0.4, -0.2) is 33.1 Å². The molecule has 1 aromatic carbocycles. The number of nitrogens with zero attached hydrogens (tertiary/aromatic N) is 2. The van der Waals surface area contributed by atoms with Gasteiger partial charge in [-0.2, -0.15) is 0 Å². The quantitative estimate of drug-likeness (QED) is 0.382. The van der Waals surface area contributed by atoms with Gasteiger partial charge in [0.25, 0.3) is 5.91 Å². The van der Waals surface area contributed by atoms with Crippen LogP contribution in [0.15, 0.2) is 64.1 Å². The summed E-state index contributed by atoms with van der Waals surface area (Å²) in [6, 6.07) is 12.6. The molecule has 3 aromatic heterocycles. The molecule has 7 nitrogen and oxygen atoms in total. The maximum absolute atomic E-state index is 13.2. The van der Waals surface area contributed by atoms with Gasteiger partial charge in [0.05, 0.1) is 11.6 Å². The lowest BCUT2D eigenvalue weighted by molar-refractivity contribution is 0.0531. The summed E-state index contributed by atoms with van der Waals surface area (Å²) >= 11 is 7.46. The van der Waals surface area contributed by atoms with E-state index >= 15 is 0 Å². The monoisotopic (exact) mass is 511 g/mol. The zero-order chi connectivity index (χ0) is 24.5. The van der Waals surface area contributed by atoms with Crippen LogP contribution in [0.4, 0.5) is 0 Å². The Balaban J connectivity index is 1.35. The molecule has 0 radical (unpaired) electrons. The molecule has 0 saturated carbocycles. The Bertz CT molecular complexity index is 1390. The molecule has 182 valence electrons. The average Bonchev–Trinajstić information content (AvgIpc) is 3.62. The maximum atomic E-state index is 13.2. The largest absolute Gasteiger partial charge is 0.467 e. The predicted molar refractivity (Wildman–Crippen MR) is 137 cm³/mol. The number of nitrogens with one attached hydrogen (secondary N) is 1. The van der Waals surface area contributed by atoms with Crippen LogP contribution < -0.4 is 10.7 Å². The summed E-state index contributed by atoms with van der Waals surface area (Å²) in [6.45, 7) is 1.80. The van der Waals surface area contributed by atoms with Crippen molar-refractivity contribution in [2.75, 3.05) is 6.54 Å². The Morgan fingerprint density at radius 1 is 1.31 bits per heavy atom. The summed E-state index contributed by atoms with van der Waals surface area (Å²) in [4.78, 5) is 30.1. The van der Waals surface area contributed by atoms with Crippen LogP contribution in [0.5, 0.6) is 0 Å². The predicted octanol–water partition coefficient (Wildman–Crippen LogP) is 4.47. The summed E-state index contributed by atoms with van der Waals surface area (Å²) in [7, 11) is 1.84. The van der Waals surface area contributed by atoms with E-state index in [1.54, 1.807) is 48.1 Å². The molecule has 0 bridgehead atoms. The van der Waals surface area contributed by atoms with E-state index in [1.807, 2.05) is 29.8 Å². The molecule has 2 atom stereocenters. The number of fused-ring (bicyclic) bond motifs is 1. The van der Waals surface area contributed by atoms with Gasteiger partial charge < -0.3 is 19.4 Å². The highest BCUT2D eigenvalue weighted by molar-refractivity contribution is 7.18. The van der Waals surface area contributed by atoms with Gasteiger partial charge in [0.1, 0.15) is 22.3 Å². The number of carbonyl (C=O) groups excluding carboxylic acids is 1. The second-order valence-corrected chi connectivity index (χ2v) is 10.4. The number of aryl methyl sites for hydroxylation is 1. The fraction of sp³-hybridized carbons (Fsp3) is 0.308. The highest BCUT2D eigenvalue weighted by atomic mass is 35.5. The Kier molecular flexibility index (Phi) is 6.80. The average molecular weight is 512 g/mol. The fourth-order valence-corrected chi connectivity index (χ4v) is 5.93. The van der Waals surface area contributed by atoms with E-state index in [0.29, 0.717) is 29.3 Å². The summed E-state index contributed by atoms with van der Waals surface area (Å²) in [5.74, 6) is 0.164. The maximum Gasteiger partial charge on any atom is 0.257 e. The molecule has 4 aromatic rings. The minimum Gasteiger partial charge on any atom is -0.467 e. The molecule has 1 aliphatic rings. The molecule has 0 spiro atoms. The van der Waals surface area contributed by atoms with Gasteiger partial charge in [0.2, 0.25) is 5.43 Å². The van der Waals surface area contributed by atoms with Crippen molar-refractivity contribution < 1.29 is 14.3 Å². The summed E-state index contributed by atoms with van der Waals surface area (Å²) in [5, 5.41) is 14.8. The van der Waals surface area contributed by atoms with E-state index in [0.717, 1.165) is 34.7 Å². The minimum absolute atomic E-state index is 0.0407. The van der Waals surface area contributed by atoms with Gasteiger partial charge >= 0.3 is 0 Å². The standard InChI is InChI=1S/C26H26ClN3O4S/c1-29-15-20(25(33)28-13-16-6-8-17(27)9-7-16)23(31)19-12-18(35-26(19)29)14-30-10-2-4-21(30)24(32)22-5-3-11-34-22/h3,5-9,11-12,15,21,24,32H,2,4,10,13-14H2,1H3,(H,28,33)/t21-,24?/m1/s1. The van der Waals surface area contributed by atoms with Crippen molar-refractivity contribution in [3.8, 4) is 0 Å². The number of hydrogen-bond donors (Lipinski definition) is 2. The first-order valence-corrected chi connectivity index (χ1v) is 12.7. The van der Waals surface area contributed by atoms with Crippen LogP contribution in [0.1, 0.15) is 45.5 Å². The molecule has 1 fully saturated rings. The van der Waals surface area contributed by atoms with E-state index in [2.05, 4.69) is 10.2 Å². The molecule has 0 aliphatic carbocycles. The first kappa shape index (κ1) is 23.8. The number of furan rings is 1. The molecule has 9 heteroatoms. The number of likely N-dealkylation sites (tertiary alicyclic amines) is 1. The molecule has 2 N–H and O–H groups in total. The number of aliphatic hydroxyl groups excluding tert-OH is 1. The van der Waals surface area contributed by atoms with Crippen LogP contribution in [0, 0.1) is 0 Å². The molecular weight excluding hydrogens is 486 g/mol. The summed E-state index contributed by atoms with van der Waals surface area (Å²) < 4.78 is 7.25. The second kappa shape index (κ2) is 9.99. The van der Waals surface area contributed by atoms with Crippen LogP contribution in [0.3, 0.4) is 0 Å². The topological polar surface area (TPSA) is 87.7 Å². The van der Waals surface area contributed by atoms with Crippen LogP contribution >= 0.6 is 22.9 Å². The van der Waals surface area contributed by atoms with Crippen molar-refractivity contribution in [1.82, 2.24) is 14.8 Å². The lowest BCUT2D eigenvalue weighted by atomic mass is 10.1. The van der Waals surface area contributed by atoms with Gasteiger partial charge in [0, 0.05) is 42.3 Å². The molecule has 1 aliphatic heterocycles. The van der Waals surface area contributed by atoms with E-state index in [9.17, 15) is 14.7 Å². The van der Waals surface area contributed by atoms with Crippen LogP contribution in [-0.2, 0) is 20.1 Å². The Hall–Kier alpha value is -2.91. The summed E-state index contributed by atoms with van der Waals surface area (Å²) in [5.41, 5.74) is 0.740. The molecule has 4 heterocycles. The number of benzene rings is 1. The van der Waals surface area contributed by atoms with Gasteiger partial charge in [-0.25, -0.2) is 0 Å². The molecular formula is C26H26ClN3O4S. The van der Waals surface area contributed by atoms with Crippen molar-refractivity contribution >= 4 is 39.1 Å².